The second kappa shape index (κ2) is 11.4. The maximum atomic E-state index is 6.65. The van der Waals surface area contributed by atoms with Crippen molar-refractivity contribution in [3.63, 3.8) is 0 Å². The molecule has 0 amide bonds. The topological polar surface area (TPSA) is 50.3 Å². The van der Waals surface area contributed by atoms with Gasteiger partial charge in [0, 0.05) is 48.9 Å². The van der Waals surface area contributed by atoms with E-state index in [-0.39, 0.29) is 12.2 Å². The molecule has 4 unspecified atom stereocenters. The molecule has 3 aliphatic rings. The molecule has 2 aliphatic heterocycles. The zero-order chi connectivity index (χ0) is 33.5. The molecule has 0 spiro atoms. The predicted octanol–water partition coefficient (Wildman–Crippen LogP) is 11.8. The highest BCUT2D eigenvalue weighted by Crippen LogP contribution is 2.51. The van der Waals surface area contributed by atoms with Crippen LogP contribution in [0.2, 0.25) is 0 Å². The summed E-state index contributed by atoms with van der Waals surface area (Å²) in [6, 6.07) is 45.1. The van der Waals surface area contributed by atoms with Gasteiger partial charge in [-0.05, 0) is 58.2 Å². The van der Waals surface area contributed by atoms with Crippen LogP contribution in [0.3, 0.4) is 0 Å². The van der Waals surface area contributed by atoms with Crippen LogP contribution in [0.15, 0.2) is 172 Å². The van der Waals surface area contributed by atoms with Gasteiger partial charge in [0.25, 0.3) is 0 Å². The van der Waals surface area contributed by atoms with E-state index in [0.29, 0.717) is 11.2 Å². The third-order valence-corrected chi connectivity index (χ3v) is 12.1. The first-order valence-corrected chi connectivity index (χ1v) is 18.4. The van der Waals surface area contributed by atoms with Crippen LogP contribution in [0.5, 0.6) is 0 Å². The second-order valence-electron chi connectivity index (χ2n) is 13.6. The fourth-order valence-electron chi connectivity index (χ4n) is 8.40. The molecule has 0 fully saturated rings. The molecule has 2 N–H and O–H groups in total. The van der Waals surface area contributed by atoms with E-state index in [1.165, 1.54) is 21.6 Å². The molecule has 6 aromatic carbocycles. The molecule has 2 aromatic heterocycles. The zero-order valence-electron chi connectivity index (χ0n) is 27.5. The third-order valence-electron chi connectivity index (χ3n) is 10.7. The van der Waals surface area contributed by atoms with Gasteiger partial charge in [-0.1, -0.05) is 127 Å². The molecular formula is C46H32N2O2S. The van der Waals surface area contributed by atoms with Crippen molar-refractivity contribution < 1.29 is 8.83 Å². The van der Waals surface area contributed by atoms with Crippen molar-refractivity contribution in [2.45, 2.75) is 28.3 Å². The number of allylic oxidation sites excluding steroid dienone is 3. The van der Waals surface area contributed by atoms with Crippen LogP contribution in [0, 0.1) is 0 Å². The molecule has 8 aromatic rings. The minimum atomic E-state index is -0.0777. The van der Waals surface area contributed by atoms with Gasteiger partial charge in [-0.3, -0.25) is 5.32 Å². The normalized spacial score (nSPS) is 20.9. The number of furan rings is 2. The second-order valence-corrected chi connectivity index (χ2v) is 14.8. The summed E-state index contributed by atoms with van der Waals surface area (Å²) in [6.45, 7) is 0. The van der Waals surface area contributed by atoms with Crippen LogP contribution in [0.4, 0.5) is 0 Å². The Kier molecular flexibility index (Phi) is 6.48. The van der Waals surface area contributed by atoms with Gasteiger partial charge >= 0.3 is 0 Å². The number of nitrogens with one attached hydrogen (secondary N) is 2. The predicted molar refractivity (Wildman–Crippen MR) is 210 cm³/mol. The monoisotopic (exact) mass is 676 g/mol. The van der Waals surface area contributed by atoms with Crippen molar-refractivity contribution in [1.29, 1.82) is 0 Å². The van der Waals surface area contributed by atoms with Crippen LogP contribution in [0.25, 0.3) is 60.7 Å². The molecule has 11 rings (SSSR count). The lowest BCUT2D eigenvalue weighted by Gasteiger charge is -2.34. The van der Waals surface area contributed by atoms with E-state index in [9.17, 15) is 0 Å². The molecule has 0 saturated carbocycles. The number of fused-ring (bicyclic) bond motifs is 9. The summed E-state index contributed by atoms with van der Waals surface area (Å²) in [5, 5.41) is 12.8. The summed E-state index contributed by atoms with van der Waals surface area (Å²) in [5.74, 6) is 0.367. The van der Waals surface area contributed by atoms with E-state index < -0.39 is 0 Å². The lowest BCUT2D eigenvalue weighted by molar-refractivity contribution is 0.438. The Morgan fingerprint density at radius 3 is 2.37 bits per heavy atom. The molecule has 4 heterocycles. The Labute approximate surface area is 299 Å². The first kappa shape index (κ1) is 29.0. The number of hydrogen-bond donors (Lipinski definition) is 2. The molecule has 1 aliphatic carbocycles. The van der Waals surface area contributed by atoms with Gasteiger partial charge in [0.1, 0.15) is 28.5 Å². The number of hydrogen-bond acceptors (Lipinski definition) is 5. The van der Waals surface area contributed by atoms with E-state index >= 15 is 0 Å². The lowest BCUT2D eigenvalue weighted by atomic mass is 9.87. The van der Waals surface area contributed by atoms with Crippen molar-refractivity contribution in [3.05, 3.63) is 180 Å². The number of thioether (sulfide) groups is 1. The summed E-state index contributed by atoms with van der Waals surface area (Å²) in [4.78, 5) is 1.37. The van der Waals surface area contributed by atoms with Gasteiger partial charge in [0.15, 0.2) is 0 Å². The average Bonchev–Trinajstić information content (AvgIpc) is 3.89. The fraction of sp³-hybridized carbons (Fsp3) is 0.0870. The zero-order valence-corrected chi connectivity index (χ0v) is 28.4. The Morgan fingerprint density at radius 2 is 1.41 bits per heavy atom. The molecule has 4 nitrogen and oxygen atoms in total. The van der Waals surface area contributed by atoms with Crippen LogP contribution < -0.4 is 10.6 Å². The minimum absolute atomic E-state index is 0.0460. The van der Waals surface area contributed by atoms with Crippen molar-refractivity contribution in [3.8, 4) is 11.1 Å². The van der Waals surface area contributed by atoms with E-state index in [2.05, 4.69) is 156 Å². The molecule has 244 valence electrons. The molecule has 0 radical (unpaired) electrons. The van der Waals surface area contributed by atoms with Crippen LogP contribution in [0.1, 0.15) is 40.4 Å². The van der Waals surface area contributed by atoms with Crippen LogP contribution in [-0.2, 0) is 0 Å². The summed E-state index contributed by atoms with van der Waals surface area (Å²) >= 11 is 1.97. The standard InChI is InChI=1S/C46H32N2O2S/c1-2-11-27(12-3-1)36-26-37(48-46(47-36)35-18-10-22-42-44(35)34-14-5-7-21-41(34)51-42)28-23-24-33-40(25-28)49-39-20-9-15-30(43(33)39)32-17-8-16-31-29-13-4-6-19-38(29)50-45(31)32/h1-26,34,37,41,46-48H. The molecule has 0 bridgehead atoms. The number of benzene rings is 6. The molecular weight excluding hydrogens is 645 g/mol. The van der Waals surface area contributed by atoms with Gasteiger partial charge in [0.05, 0.1) is 6.04 Å². The van der Waals surface area contributed by atoms with E-state index in [0.717, 1.165) is 66.3 Å². The minimum Gasteiger partial charge on any atom is -0.456 e. The highest BCUT2D eigenvalue weighted by molar-refractivity contribution is 8.00. The number of para-hydroxylation sites is 2. The lowest BCUT2D eigenvalue weighted by Crippen LogP contribution is -2.40. The van der Waals surface area contributed by atoms with Crippen molar-refractivity contribution >= 4 is 61.3 Å². The van der Waals surface area contributed by atoms with Crippen molar-refractivity contribution in [2.75, 3.05) is 0 Å². The summed E-state index contributed by atoms with van der Waals surface area (Å²) in [5.41, 5.74) is 11.9. The van der Waals surface area contributed by atoms with E-state index in [1.54, 1.807) is 0 Å². The highest BCUT2D eigenvalue weighted by atomic mass is 32.2. The largest absolute Gasteiger partial charge is 0.456 e. The highest BCUT2D eigenvalue weighted by Gasteiger charge is 2.36. The van der Waals surface area contributed by atoms with Gasteiger partial charge in [-0.2, -0.15) is 0 Å². The quantitative estimate of drug-likeness (QED) is 0.194. The van der Waals surface area contributed by atoms with Crippen molar-refractivity contribution in [2.24, 2.45) is 0 Å². The Morgan fingerprint density at radius 1 is 0.608 bits per heavy atom. The van der Waals surface area contributed by atoms with Crippen molar-refractivity contribution in [1.82, 2.24) is 10.6 Å². The fourth-order valence-corrected chi connectivity index (χ4v) is 9.77. The first-order chi connectivity index (χ1) is 25.3. The SMILES string of the molecule is C1=CC2Sc3cccc(C4NC(c5ccccc5)=CC(c5ccc6c(c5)oc5cccc(-c7cccc8c7oc7ccccc78)c56)N4)c3C2C=C1. The Hall–Kier alpha value is -5.75. The summed E-state index contributed by atoms with van der Waals surface area (Å²) in [6.07, 6.45) is 11.3. The van der Waals surface area contributed by atoms with Gasteiger partial charge in [-0.25, -0.2) is 0 Å². The summed E-state index contributed by atoms with van der Waals surface area (Å²) in [7, 11) is 0. The van der Waals surface area contributed by atoms with E-state index in [1.807, 2.05) is 23.9 Å². The maximum absolute atomic E-state index is 6.65. The smallest absolute Gasteiger partial charge is 0.143 e. The Balaban J connectivity index is 1.03. The first-order valence-electron chi connectivity index (χ1n) is 17.6. The molecule has 0 saturated heterocycles. The van der Waals surface area contributed by atoms with Crippen LogP contribution >= 0.6 is 11.8 Å². The number of rotatable bonds is 4. The van der Waals surface area contributed by atoms with Crippen LogP contribution in [-0.4, -0.2) is 5.25 Å². The van der Waals surface area contributed by atoms with Gasteiger partial charge < -0.3 is 14.2 Å². The molecule has 5 heteroatoms. The third kappa shape index (κ3) is 4.59. The van der Waals surface area contributed by atoms with E-state index in [4.69, 9.17) is 8.83 Å². The molecule has 51 heavy (non-hydrogen) atoms. The average molecular weight is 677 g/mol. The molecule has 4 atom stereocenters. The maximum Gasteiger partial charge on any atom is 0.143 e. The Bertz CT molecular complexity index is 2770. The van der Waals surface area contributed by atoms with Gasteiger partial charge in [-0.15, -0.1) is 11.8 Å². The van der Waals surface area contributed by atoms with Gasteiger partial charge in [0.2, 0.25) is 0 Å². The summed E-state index contributed by atoms with van der Waals surface area (Å²) < 4.78 is 13.1.